The summed E-state index contributed by atoms with van der Waals surface area (Å²) in [7, 11) is -4.39. The number of hydrogen-bond acceptors (Lipinski definition) is 4. The van der Waals surface area contributed by atoms with Crippen molar-refractivity contribution in [3.8, 4) is 17.2 Å². The Balaban J connectivity index is 0.00000338. The van der Waals surface area contributed by atoms with Crippen molar-refractivity contribution in [2.45, 2.75) is 50.3 Å². The zero-order chi connectivity index (χ0) is 18.3. The normalized spacial score (nSPS) is 11.0. The van der Waals surface area contributed by atoms with E-state index in [4.69, 9.17) is 4.74 Å². The summed E-state index contributed by atoms with van der Waals surface area (Å²) in [4.78, 5) is -0.331. The van der Waals surface area contributed by atoms with Crippen LogP contribution in [0.3, 0.4) is 0 Å². The Morgan fingerprint density at radius 3 is 2.38 bits per heavy atom. The van der Waals surface area contributed by atoms with E-state index in [2.05, 4.69) is 6.92 Å². The van der Waals surface area contributed by atoms with Gasteiger partial charge in [0.15, 0.2) is 0 Å². The third kappa shape index (κ3) is 6.93. The number of rotatable bonds is 9. The van der Waals surface area contributed by atoms with Crippen LogP contribution in [0.4, 0.5) is 0 Å². The summed E-state index contributed by atoms with van der Waals surface area (Å²) in [5.74, 6) is 0.102. The number of para-hydroxylation sites is 1. The largest absolute Gasteiger partial charge is 1.00 e. The van der Waals surface area contributed by atoms with Crippen molar-refractivity contribution in [2.75, 3.05) is 0 Å². The zero-order valence-electron chi connectivity index (χ0n) is 15.3. The third-order valence-electron chi connectivity index (χ3n) is 3.94. The van der Waals surface area contributed by atoms with Gasteiger partial charge in [0.1, 0.15) is 16.4 Å². The predicted molar refractivity (Wildman–Crippen MR) is 94.7 cm³/mol. The number of hydrogen-bond donors (Lipinski definition) is 1. The van der Waals surface area contributed by atoms with E-state index in [-0.39, 0.29) is 51.7 Å². The van der Waals surface area contributed by atoms with Gasteiger partial charge in [-0.15, -0.1) is 5.75 Å². The van der Waals surface area contributed by atoms with Gasteiger partial charge < -0.3 is 9.84 Å². The van der Waals surface area contributed by atoms with E-state index in [9.17, 15) is 18.1 Å². The molecule has 0 aliphatic heterocycles. The molecule has 0 aliphatic carbocycles. The molecule has 0 heterocycles. The van der Waals surface area contributed by atoms with Crippen LogP contribution in [0, 0.1) is 0 Å². The van der Waals surface area contributed by atoms with Gasteiger partial charge in [0.25, 0.3) is 10.1 Å². The Morgan fingerprint density at radius 2 is 1.73 bits per heavy atom. The molecule has 0 amide bonds. The topological polar surface area (TPSA) is 86.7 Å². The van der Waals surface area contributed by atoms with Crippen LogP contribution in [-0.2, 0) is 16.5 Å². The van der Waals surface area contributed by atoms with Crippen molar-refractivity contribution < 1.29 is 52.4 Å². The fourth-order valence-corrected chi connectivity index (χ4v) is 3.21. The minimum Gasteiger partial charge on any atom is -0.872 e. The van der Waals surface area contributed by atoms with E-state index in [1.807, 2.05) is 0 Å². The van der Waals surface area contributed by atoms with Gasteiger partial charge >= 0.3 is 29.6 Å². The molecule has 7 heteroatoms. The monoisotopic (exact) mass is 386 g/mol. The van der Waals surface area contributed by atoms with Crippen LogP contribution in [-0.4, -0.2) is 13.0 Å². The molecule has 0 unspecified atom stereocenters. The molecule has 0 aliphatic rings. The molecular formula is C19H23NaO5S. The first-order valence-electron chi connectivity index (χ1n) is 8.46. The molecule has 0 saturated heterocycles. The van der Waals surface area contributed by atoms with E-state index >= 15 is 0 Å². The van der Waals surface area contributed by atoms with Gasteiger partial charge in [-0.25, -0.2) is 0 Å². The van der Waals surface area contributed by atoms with Crippen molar-refractivity contribution in [3.05, 3.63) is 48.0 Å². The van der Waals surface area contributed by atoms with Crippen molar-refractivity contribution in [2.24, 2.45) is 0 Å². The summed E-state index contributed by atoms with van der Waals surface area (Å²) in [6.45, 7) is 2.16. The molecule has 0 saturated carbocycles. The standard InChI is InChI=1S/C19H24O5S.Na/c1-2-3-4-5-6-9-15-12-13-16(14-17(15)20)24-18-10-7-8-11-19(18)25(21,22)23;/h7-8,10-14,20H,2-6,9H2,1H3,(H,21,22,23);/q;+1/p-1. The van der Waals surface area contributed by atoms with Crippen LogP contribution in [0.1, 0.15) is 44.6 Å². The van der Waals surface area contributed by atoms with E-state index in [0.717, 1.165) is 24.8 Å². The van der Waals surface area contributed by atoms with Crippen LogP contribution in [0.2, 0.25) is 0 Å². The smallest absolute Gasteiger partial charge is 0.872 e. The average Bonchev–Trinajstić information content (AvgIpc) is 2.56. The van der Waals surface area contributed by atoms with Gasteiger partial charge in [0, 0.05) is 0 Å². The maximum Gasteiger partial charge on any atom is 1.00 e. The SMILES string of the molecule is CCCCCCCc1ccc(Oc2ccccc2S(=O)(=O)O)cc1[O-].[Na+]. The van der Waals surface area contributed by atoms with Gasteiger partial charge in [0.05, 0.1) is 0 Å². The molecule has 136 valence electrons. The molecule has 26 heavy (non-hydrogen) atoms. The van der Waals surface area contributed by atoms with Crippen molar-refractivity contribution in [1.82, 2.24) is 0 Å². The third-order valence-corrected chi connectivity index (χ3v) is 4.84. The molecule has 2 aromatic rings. The Labute approximate surface area is 177 Å². The zero-order valence-corrected chi connectivity index (χ0v) is 18.1. The second kappa shape index (κ2) is 10.9. The molecule has 1 N–H and O–H groups in total. The first-order chi connectivity index (χ1) is 11.9. The van der Waals surface area contributed by atoms with E-state index in [1.54, 1.807) is 18.2 Å². The van der Waals surface area contributed by atoms with Crippen molar-refractivity contribution >= 4 is 10.1 Å². The molecule has 2 rings (SSSR count). The molecule has 0 spiro atoms. The Bertz CT molecular complexity index is 805. The second-order valence-electron chi connectivity index (χ2n) is 5.96. The molecule has 5 nitrogen and oxygen atoms in total. The first-order valence-corrected chi connectivity index (χ1v) is 9.90. The van der Waals surface area contributed by atoms with Crippen LogP contribution in [0.25, 0.3) is 0 Å². The van der Waals surface area contributed by atoms with Gasteiger partial charge in [-0.2, -0.15) is 8.42 Å². The Hall–Kier alpha value is -1.05. The molecular weight excluding hydrogens is 363 g/mol. The van der Waals surface area contributed by atoms with Crippen LogP contribution in [0.15, 0.2) is 47.4 Å². The summed E-state index contributed by atoms with van der Waals surface area (Å²) in [5.41, 5.74) is 0.729. The quantitative estimate of drug-likeness (QED) is 0.399. The van der Waals surface area contributed by atoms with Crippen LogP contribution >= 0.6 is 0 Å². The summed E-state index contributed by atoms with van der Waals surface area (Å²) >= 11 is 0. The molecule has 0 aromatic heterocycles. The summed E-state index contributed by atoms with van der Waals surface area (Å²) < 4.78 is 37.5. The first kappa shape index (κ1) is 23.0. The summed E-state index contributed by atoms with van der Waals surface area (Å²) in [6.07, 6.45) is 6.38. The van der Waals surface area contributed by atoms with Gasteiger partial charge in [-0.05, 0) is 37.1 Å². The van der Waals surface area contributed by atoms with Gasteiger partial charge in [0.2, 0.25) is 0 Å². The van der Waals surface area contributed by atoms with E-state index in [0.29, 0.717) is 0 Å². The van der Waals surface area contributed by atoms with Gasteiger partial charge in [-0.3, -0.25) is 4.55 Å². The summed E-state index contributed by atoms with van der Waals surface area (Å²) in [6, 6.07) is 10.4. The molecule has 0 fully saturated rings. The number of aryl methyl sites for hydroxylation is 1. The number of ether oxygens (including phenoxy) is 1. The maximum atomic E-state index is 12.2. The molecule has 0 radical (unpaired) electrons. The minimum absolute atomic E-state index is 0. The number of unbranched alkanes of at least 4 members (excludes halogenated alkanes) is 4. The van der Waals surface area contributed by atoms with E-state index in [1.165, 1.54) is 43.5 Å². The van der Waals surface area contributed by atoms with Gasteiger partial charge in [-0.1, -0.05) is 56.4 Å². The Morgan fingerprint density at radius 1 is 1.04 bits per heavy atom. The minimum atomic E-state index is -4.39. The fourth-order valence-electron chi connectivity index (χ4n) is 2.60. The van der Waals surface area contributed by atoms with Crippen molar-refractivity contribution in [1.29, 1.82) is 0 Å². The molecule has 0 atom stereocenters. The molecule has 0 bridgehead atoms. The van der Waals surface area contributed by atoms with E-state index < -0.39 is 10.1 Å². The number of benzene rings is 2. The molecule has 2 aromatic carbocycles. The van der Waals surface area contributed by atoms with Crippen LogP contribution < -0.4 is 39.4 Å². The Kier molecular flexibility index (Phi) is 9.68. The van der Waals surface area contributed by atoms with Crippen LogP contribution in [0.5, 0.6) is 17.2 Å². The summed E-state index contributed by atoms with van der Waals surface area (Å²) in [5, 5.41) is 12.2. The maximum absolute atomic E-state index is 12.2. The second-order valence-corrected chi connectivity index (χ2v) is 7.35. The van der Waals surface area contributed by atoms with Crippen molar-refractivity contribution in [3.63, 3.8) is 0 Å². The predicted octanol–water partition coefficient (Wildman–Crippen LogP) is 1.32. The fraction of sp³-hybridized carbons (Fsp3) is 0.368. The average molecular weight is 386 g/mol.